The molecule has 0 saturated carbocycles. The Kier molecular flexibility index (Phi) is 6.32. The van der Waals surface area contributed by atoms with Crippen LogP contribution in [0.15, 0.2) is 6.20 Å². The molecule has 0 aliphatic heterocycles. The molecule has 2 N–H and O–H groups in total. The molecular weight excluding hydrogens is 230 g/mol. The van der Waals surface area contributed by atoms with E-state index >= 15 is 0 Å². The van der Waals surface area contributed by atoms with E-state index in [0.29, 0.717) is 12.5 Å². The lowest BCUT2D eigenvalue weighted by Gasteiger charge is -2.16. The number of nitrogens with one attached hydrogen (secondary N) is 1. The number of aliphatic hydroxyl groups is 1. The van der Waals surface area contributed by atoms with Crippen LogP contribution >= 0.6 is 0 Å². The van der Waals surface area contributed by atoms with Gasteiger partial charge >= 0.3 is 0 Å². The highest BCUT2D eigenvalue weighted by Gasteiger charge is 2.13. The Labute approximate surface area is 109 Å². The second-order valence-electron chi connectivity index (χ2n) is 4.91. The lowest BCUT2D eigenvalue weighted by molar-refractivity contribution is 0.159. The Morgan fingerprint density at radius 2 is 2.22 bits per heavy atom. The molecule has 1 aromatic heterocycles. The van der Waals surface area contributed by atoms with Crippen LogP contribution in [0.1, 0.15) is 37.4 Å². The number of nitrogens with zero attached hydrogens (tertiary/aromatic N) is 2. The van der Waals surface area contributed by atoms with E-state index in [2.05, 4.69) is 24.3 Å². The summed E-state index contributed by atoms with van der Waals surface area (Å²) in [5.74, 6) is 0.412. The number of hydrogen-bond acceptors (Lipinski definition) is 4. The maximum Gasteiger partial charge on any atom is 0.0694 e. The maximum atomic E-state index is 9.28. The molecule has 5 nitrogen and oxygen atoms in total. The van der Waals surface area contributed by atoms with Gasteiger partial charge in [-0.25, -0.2) is 0 Å². The van der Waals surface area contributed by atoms with Crippen molar-refractivity contribution in [3.05, 3.63) is 17.5 Å². The van der Waals surface area contributed by atoms with Gasteiger partial charge in [0.25, 0.3) is 0 Å². The van der Waals surface area contributed by atoms with E-state index in [-0.39, 0.29) is 12.6 Å². The zero-order valence-corrected chi connectivity index (χ0v) is 11.8. The molecule has 1 heterocycles. The minimum atomic E-state index is 0.0742. The van der Waals surface area contributed by atoms with Crippen molar-refractivity contribution in [2.45, 2.75) is 38.8 Å². The largest absolute Gasteiger partial charge is 0.395 e. The zero-order valence-electron chi connectivity index (χ0n) is 11.8. The maximum absolute atomic E-state index is 9.28. The van der Waals surface area contributed by atoms with Crippen LogP contribution in [0.4, 0.5) is 0 Å². The lowest BCUT2D eigenvalue weighted by atomic mass is 10.1. The van der Waals surface area contributed by atoms with Crippen LogP contribution in [0.25, 0.3) is 0 Å². The minimum Gasteiger partial charge on any atom is -0.395 e. The second kappa shape index (κ2) is 7.51. The fraction of sp³-hybridized carbons (Fsp3) is 0.769. The minimum absolute atomic E-state index is 0.0742. The Balaban J connectivity index is 2.56. The molecule has 0 fully saturated rings. The number of methoxy groups -OCH3 is 1. The predicted molar refractivity (Wildman–Crippen MR) is 71.5 cm³/mol. The van der Waals surface area contributed by atoms with Crippen LogP contribution in [0.3, 0.4) is 0 Å². The Morgan fingerprint density at radius 1 is 1.50 bits per heavy atom. The van der Waals surface area contributed by atoms with Crippen LogP contribution in [-0.2, 0) is 18.3 Å². The average molecular weight is 255 g/mol. The molecule has 0 radical (unpaired) electrons. The van der Waals surface area contributed by atoms with E-state index in [4.69, 9.17) is 4.74 Å². The van der Waals surface area contributed by atoms with E-state index in [1.807, 2.05) is 17.9 Å². The quantitative estimate of drug-likeness (QED) is 0.728. The van der Waals surface area contributed by atoms with E-state index in [9.17, 15) is 5.11 Å². The van der Waals surface area contributed by atoms with Crippen LogP contribution in [0.2, 0.25) is 0 Å². The van der Waals surface area contributed by atoms with Gasteiger partial charge in [0, 0.05) is 45.1 Å². The molecule has 0 amide bonds. The number of aromatic nitrogens is 2. The molecule has 0 saturated heterocycles. The van der Waals surface area contributed by atoms with Crippen molar-refractivity contribution >= 4 is 0 Å². The first-order valence-corrected chi connectivity index (χ1v) is 6.44. The van der Waals surface area contributed by atoms with Gasteiger partial charge in [-0.15, -0.1) is 0 Å². The zero-order chi connectivity index (χ0) is 13.5. The molecule has 0 spiro atoms. The molecule has 18 heavy (non-hydrogen) atoms. The number of hydrogen-bond donors (Lipinski definition) is 2. The van der Waals surface area contributed by atoms with Crippen molar-refractivity contribution in [2.24, 2.45) is 7.05 Å². The van der Waals surface area contributed by atoms with Crippen molar-refractivity contribution in [3.63, 3.8) is 0 Å². The van der Waals surface area contributed by atoms with Gasteiger partial charge in [-0.2, -0.15) is 5.10 Å². The normalized spacial score (nSPS) is 13.2. The standard InChI is InChI=1S/C13H25N3O2/c1-10(2)13-11(8-16(3)15-13)7-14-12(9-17)5-6-18-4/h8,10,12,14,17H,5-7,9H2,1-4H3. The first kappa shape index (κ1) is 15.1. The van der Waals surface area contributed by atoms with Crippen LogP contribution < -0.4 is 5.32 Å². The molecule has 1 aromatic rings. The third kappa shape index (κ3) is 4.40. The highest BCUT2D eigenvalue weighted by atomic mass is 16.5. The summed E-state index contributed by atoms with van der Waals surface area (Å²) in [6.07, 6.45) is 2.84. The topological polar surface area (TPSA) is 59.3 Å². The first-order chi connectivity index (χ1) is 8.58. The van der Waals surface area contributed by atoms with E-state index in [0.717, 1.165) is 18.7 Å². The fourth-order valence-corrected chi connectivity index (χ4v) is 1.95. The summed E-state index contributed by atoms with van der Waals surface area (Å²) in [6, 6.07) is 0.0742. The molecule has 104 valence electrons. The van der Waals surface area contributed by atoms with Crippen molar-refractivity contribution in [3.8, 4) is 0 Å². The van der Waals surface area contributed by atoms with Crippen molar-refractivity contribution < 1.29 is 9.84 Å². The van der Waals surface area contributed by atoms with Gasteiger partial charge in [-0.3, -0.25) is 4.68 Å². The summed E-state index contributed by atoms with van der Waals surface area (Å²) in [4.78, 5) is 0. The lowest BCUT2D eigenvalue weighted by Crippen LogP contribution is -2.33. The Morgan fingerprint density at radius 3 is 2.78 bits per heavy atom. The van der Waals surface area contributed by atoms with Crippen molar-refractivity contribution in [2.75, 3.05) is 20.3 Å². The molecule has 0 aromatic carbocycles. The Hall–Kier alpha value is -0.910. The van der Waals surface area contributed by atoms with Crippen LogP contribution in [0.5, 0.6) is 0 Å². The highest BCUT2D eigenvalue weighted by molar-refractivity contribution is 5.20. The first-order valence-electron chi connectivity index (χ1n) is 6.44. The monoisotopic (exact) mass is 255 g/mol. The molecule has 1 atom stereocenters. The van der Waals surface area contributed by atoms with Gasteiger partial charge in [0.05, 0.1) is 12.3 Å². The number of rotatable bonds is 8. The molecule has 1 unspecified atom stereocenters. The highest BCUT2D eigenvalue weighted by Crippen LogP contribution is 2.17. The summed E-state index contributed by atoms with van der Waals surface area (Å²) in [5, 5.41) is 17.1. The number of ether oxygens (including phenoxy) is 1. The van der Waals surface area contributed by atoms with Gasteiger partial charge in [-0.1, -0.05) is 13.8 Å². The summed E-state index contributed by atoms with van der Waals surface area (Å²) in [5.41, 5.74) is 2.32. The average Bonchev–Trinajstić information content (AvgIpc) is 2.71. The van der Waals surface area contributed by atoms with Gasteiger partial charge in [0.2, 0.25) is 0 Å². The van der Waals surface area contributed by atoms with E-state index in [1.165, 1.54) is 5.56 Å². The molecule has 0 aliphatic rings. The van der Waals surface area contributed by atoms with E-state index in [1.54, 1.807) is 7.11 Å². The smallest absolute Gasteiger partial charge is 0.0694 e. The van der Waals surface area contributed by atoms with Crippen molar-refractivity contribution in [1.29, 1.82) is 0 Å². The molecule has 0 aliphatic carbocycles. The number of aliphatic hydroxyl groups excluding tert-OH is 1. The van der Waals surface area contributed by atoms with Gasteiger partial charge in [-0.05, 0) is 12.3 Å². The third-order valence-electron chi connectivity index (χ3n) is 2.96. The van der Waals surface area contributed by atoms with Gasteiger partial charge in [0.15, 0.2) is 0 Å². The van der Waals surface area contributed by atoms with Crippen LogP contribution in [-0.4, -0.2) is 41.3 Å². The van der Waals surface area contributed by atoms with Crippen molar-refractivity contribution in [1.82, 2.24) is 15.1 Å². The van der Waals surface area contributed by atoms with Gasteiger partial charge in [0.1, 0.15) is 0 Å². The molecular formula is C13H25N3O2. The van der Waals surface area contributed by atoms with Crippen LogP contribution in [0, 0.1) is 0 Å². The summed E-state index contributed by atoms with van der Waals surface area (Å²) < 4.78 is 6.87. The summed E-state index contributed by atoms with van der Waals surface area (Å²) in [6.45, 7) is 5.79. The molecule has 0 bridgehead atoms. The third-order valence-corrected chi connectivity index (χ3v) is 2.96. The SMILES string of the molecule is COCCC(CO)NCc1cn(C)nc1C(C)C. The molecule has 5 heteroatoms. The molecule has 1 rings (SSSR count). The van der Waals surface area contributed by atoms with Gasteiger partial charge < -0.3 is 15.2 Å². The number of aryl methyl sites for hydroxylation is 1. The summed E-state index contributed by atoms with van der Waals surface area (Å²) in [7, 11) is 3.61. The van der Waals surface area contributed by atoms with E-state index < -0.39 is 0 Å². The summed E-state index contributed by atoms with van der Waals surface area (Å²) >= 11 is 0. The predicted octanol–water partition coefficient (Wildman–Crippen LogP) is 1.03. The fourth-order valence-electron chi connectivity index (χ4n) is 1.95. The Bertz CT molecular complexity index is 350. The second-order valence-corrected chi connectivity index (χ2v) is 4.91.